The van der Waals surface area contributed by atoms with E-state index >= 15 is 0 Å². The van der Waals surface area contributed by atoms with E-state index in [9.17, 15) is 0 Å². The predicted molar refractivity (Wildman–Crippen MR) is 93.6 cm³/mol. The molecule has 0 aliphatic carbocycles. The average molecular weight is 322 g/mol. The number of aliphatic hydroxyl groups excluding tert-OH is 1. The number of hydrogen-bond donors (Lipinski definition) is 1. The van der Waals surface area contributed by atoms with Gasteiger partial charge in [0.1, 0.15) is 12.7 Å². The number of aliphatic hydroxyl groups is 1. The molecule has 0 aliphatic rings. The van der Waals surface area contributed by atoms with Crippen LogP contribution < -0.4 is 0 Å². The molecule has 1 atom stereocenters. The minimum absolute atomic E-state index is 0.0879. The number of hydrogen-bond acceptors (Lipinski definition) is 4. The fourth-order valence-corrected chi connectivity index (χ4v) is 2.68. The summed E-state index contributed by atoms with van der Waals surface area (Å²) in [5, 5.41) is 13.3. The summed E-state index contributed by atoms with van der Waals surface area (Å²) in [4.78, 5) is 6.28. The molecule has 0 spiro atoms. The van der Waals surface area contributed by atoms with Crippen molar-refractivity contribution in [2.45, 2.75) is 26.1 Å². The standard InChI is InChI=1S/C19H22N4O/c1-15(22(2)11-16-3-5-17(12-24)6-4-16)18-7-9-19(10-8-18)23-14-20-13-21-23/h3-10,13-15,24H,11-12H2,1-2H3. The molecule has 5 nitrogen and oxygen atoms in total. The third-order valence-corrected chi connectivity index (χ3v) is 4.36. The first-order valence-electron chi connectivity index (χ1n) is 8.01. The summed E-state index contributed by atoms with van der Waals surface area (Å²) in [7, 11) is 2.12. The summed E-state index contributed by atoms with van der Waals surface area (Å²) < 4.78 is 1.75. The van der Waals surface area contributed by atoms with E-state index in [4.69, 9.17) is 5.11 Å². The molecule has 3 aromatic rings. The van der Waals surface area contributed by atoms with Gasteiger partial charge in [-0.05, 0) is 42.8 Å². The smallest absolute Gasteiger partial charge is 0.138 e. The van der Waals surface area contributed by atoms with Crippen molar-refractivity contribution in [3.63, 3.8) is 0 Å². The molecule has 1 unspecified atom stereocenters. The molecule has 1 N–H and O–H groups in total. The Morgan fingerprint density at radius 2 is 1.71 bits per heavy atom. The van der Waals surface area contributed by atoms with Crippen molar-refractivity contribution in [3.8, 4) is 5.69 Å². The lowest BCUT2D eigenvalue weighted by Crippen LogP contribution is -2.21. The maximum atomic E-state index is 9.12. The van der Waals surface area contributed by atoms with Crippen molar-refractivity contribution >= 4 is 0 Å². The van der Waals surface area contributed by atoms with Gasteiger partial charge in [-0.1, -0.05) is 36.4 Å². The van der Waals surface area contributed by atoms with E-state index in [1.165, 1.54) is 17.5 Å². The molecule has 0 saturated carbocycles. The van der Waals surface area contributed by atoms with Gasteiger partial charge >= 0.3 is 0 Å². The minimum atomic E-state index is 0.0879. The molecule has 0 aliphatic heterocycles. The van der Waals surface area contributed by atoms with Gasteiger partial charge in [0, 0.05) is 12.6 Å². The zero-order valence-electron chi connectivity index (χ0n) is 14.0. The van der Waals surface area contributed by atoms with Crippen LogP contribution in [0.4, 0.5) is 0 Å². The van der Waals surface area contributed by atoms with Crippen molar-refractivity contribution in [1.82, 2.24) is 19.7 Å². The van der Waals surface area contributed by atoms with Crippen LogP contribution in [0.15, 0.2) is 61.2 Å². The van der Waals surface area contributed by atoms with Gasteiger partial charge < -0.3 is 5.11 Å². The van der Waals surface area contributed by atoms with Gasteiger partial charge in [-0.15, -0.1) is 0 Å². The second-order valence-electron chi connectivity index (χ2n) is 6.00. The summed E-state index contributed by atoms with van der Waals surface area (Å²) in [6.45, 7) is 3.15. The van der Waals surface area contributed by atoms with Gasteiger partial charge in [0.15, 0.2) is 0 Å². The van der Waals surface area contributed by atoms with Crippen molar-refractivity contribution in [3.05, 3.63) is 77.9 Å². The van der Waals surface area contributed by atoms with E-state index < -0.39 is 0 Å². The van der Waals surface area contributed by atoms with Crippen LogP contribution in [0.3, 0.4) is 0 Å². The highest BCUT2D eigenvalue weighted by atomic mass is 16.3. The predicted octanol–water partition coefficient (Wildman–Crippen LogP) is 2.95. The van der Waals surface area contributed by atoms with Crippen LogP contribution in [0.5, 0.6) is 0 Å². The highest BCUT2D eigenvalue weighted by Crippen LogP contribution is 2.22. The Bertz CT molecular complexity index is 751. The lowest BCUT2D eigenvalue weighted by molar-refractivity contribution is 0.253. The molecule has 0 fully saturated rings. The molecule has 0 saturated heterocycles. The molecule has 1 heterocycles. The fourth-order valence-electron chi connectivity index (χ4n) is 2.68. The van der Waals surface area contributed by atoms with E-state index in [2.05, 4.69) is 65.4 Å². The Balaban J connectivity index is 1.67. The lowest BCUT2D eigenvalue weighted by atomic mass is 10.1. The van der Waals surface area contributed by atoms with Crippen molar-refractivity contribution in [2.24, 2.45) is 0 Å². The first-order chi connectivity index (χ1) is 11.7. The van der Waals surface area contributed by atoms with Crippen LogP contribution in [0.2, 0.25) is 0 Å². The summed E-state index contributed by atoms with van der Waals surface area (Å²) in [6, 6.07) is 16.8. The van der Waals surface area contributed by atoms with Crippen molar-refractivity contribution in [2.75, 3.05) is 7.05 Å². The second-order valence-corrected chi connectivity index (χ2v) is 6.00. The van der Waals surface area contributed by atoms with Crippen LogP contribution in [0, 0.1) is 0 Å². The van der Waals surface area contributed by atoms with E-state index in [0.29, 0.717) is 6.04 Å². The number of aromatic nitrogens is 3. The Morgan fingerprint density at radius 1 is 1.04 bits per heavy atom. The largest absolute Gasteiger partial charge is 0.392 e. The van der Waals surface area contributed by atoms with E-state index in [1.807, 2.05) is 12.1 Å². The van der Waals surface area contributed by atoms with Crippen molar-refractivity contribution < 1.29 is 5.11 Å². The van der Waals surface area contributed by atoms with Crippen LogP contribution >= 0.6 is 0 Å². The number of benzene rings is 2. The minimum Gasteiger partial charge on any atom is -0.392 e. The van der Waals surface area contributed by atoms with Gasteiger partial charge in [-0.3, -0.25) is 4.90 Å². The third kappa shape index (κ3) is 3.69. The zero-order valence-corrected chi connectivity index (χ0v) is 14.0. The number of nitrogens with zero attached hydrogens (tertiary/aromatic N) is 4. The molecule has 124 valence electrons. The molecule has 0 bridgehead atoms. The normalized spacial score (nSPS) is 12.5. The molecular formula is C19H22N4O. The van der Waals surface area contributed by atoms with E-state index in [0.717, 1.165) is 17.8 Å². The molecule has 24 heavy (non-hydrogen) atoms. The first-order valence-corrected chi connectivity index (χ1v) is 8.01. The van der Waals surface area contributed by atoms with Gasteiger partial charge in [-0.25, -0.2) is 9.67 Å². The Labute approximate surface area is 142 Å². The molecule has 1 aromatic heterocycles. The Morgan fingerprint density at radius 3 is 2.29 bits per heavy atom. The lowest BCUT2D eigenvalue weighted by Gasteiger charge is -2.25. The second kappa shape index (κ2) is 7.38. The SMILES string of the molecule is CC(c1ccc(-n2cncn2)cc1)N(C)Cc1ccc(CO)cc1. The van der Waals surface area contributed by atoms with Crippen LogP contribution in [0.1, 0.15) is 29.7 Å². The van der Waals surface area contributed by atoms with Gasteiger partial charge in [0.05, 0.1) is 12.3 Å². The van der Waals surface area contributed by atoms with Crippen LogP contribution in [-0.4, -0.2) is 31.8 Å². The highest BCUT2D eigenvalue weighted by molar-refractivity contribution is 5.34. The third-order valence-electron chi connectivity index (χ3n) is 4.36. The summed E-state index contributed by atoms with van der Waals surface area (Å²) in [5.41, 5.74) is 4.44. The quantitative estimate of drug-likeness (QED) is 0.758. The van der Waals surface area contributed by atoms with E-state index in [1.54, 1.807) is 11.0 Å². The number of rotatable bonds is 6. The summed E-state index contributed by atoms with van der Waals surface area (Å²) in [6.07, 6.45) is 3.23. The van der Waals surface area contributed by atoms with Crippen LogP contribution in [0.25, 0.3) is 5.69 Å². The summed E-state index contributed by atoms with van der Waals surface area (Å²) in [5.74, 6) is 0. The maximum absolute atomic E-state index is 9.12. The fraction of sp³-hybridized carbons (Fsp3) is 0.263. The first kappa shape index (κ1) is 16.4. The Hall–Kier alpha value is -2.50. The average Bonchev–Trinajstić information content (AvgIpc) is 3.16. The summed E-state index contributed by atoms with van der Waals surface area (Å²) >= 11 is 0. The topological polar surface area (TPSA) is 54.2 Å². The van der Waals surface area contributed by atoms with Crippen molar-refractivity contribution in [1.29, 1.82) is 0 Å². The Kier molecular flexibility index (Phi) is 5.03. The van der Waals surface area contributed by atoms with Gasteiger partial charge in [0.2, 0.25) is 0 Å². The molecule has 0 radical (unpaired) electrons. The molecule has 5 heteroatoms. The molecule has 3 rings (SSSR count). The van der Waals surface area contributed by atoms with Gasteiger partial charge in [0.25, 0.3) is 0 Å². The molecule has 0 amide bonds. The monoisotopic (exact) mass is 322 g/mol. The molecular weight excluding hydrogens is 300 g/mol. The van der Waals surface area contributed by atoms with Gasteiger partial charge in [-0.2, -0.15) is 5.10 Å². The zero-order chi connectivity index (χ0) is 16.9. The van der Waals surface area contributed by atoms with Crippen LogP contribution in [-0.2, 0) is 13.2 Å². The highest BCUT2D eigenvalue weighted by Gasteiger charge is 2.12. The van der Waals surface area contributed by atoms with E-state index in [-0.39, 0.29) is 6.61 Å². The molecule has 2 aromatic carbocycles. The maximum Gasteiger partial charge on any atom is 0.138 e.